The molecule has 1 heterocycles. The quantitative estimate of drug-likeness (QED) is 0.465. The van der Waals surface area contributed by atoms with Crippen molar-refractivity contribution >= 4 is 26.7 Å². The summed E-state index contributed by atoms with van der Waals surface area (Å²) in [6.45, 7) is 2.88. The van der Waals surface area contributed by atoms with Crippen molar-refractivity contribution < 1.29 is 12.8 Å². The number of imidazole rings is 1. The van der Waals surface area contributed by atoms with E-state index in [-0.39, 0.29) is 4.90 Å². The third kappa shape index (κ3) is 3.93. The third-order valence-electron chi connectivity index (χ3n) is 5.06. The number of aromatic nitrogens is 2. The first-order valence-electron chi connectivity index (χ1n) is 9.79. The molecule has 0 fully saturated rings. The predicted octanol–water partition coefficient (Wildman–Crippen LogP) is 4.78. The molecule has 7 heteroatoms. The standard InChI is InChI=1S/C23H22FN3O2S/c1-2-27-21-13-7-6-12-20(21)25-23(27)16-15-17-9-3-5-11-19(17)26-30(28,29)22-14-8-4-10-18(22)24/h3-14,26H,2,15-16H2,1H3. The van der Waals surface area contributed by atoms with Crippen molar-refractivity contribution in [3.8, 4) is 0 Å². The van der Waals surface area contributed by atoms with Crippen LogP contribution in [0.25, 0.3) is 11.0 Å². The molecule has 0 aliphatic rings. The number of anilines is 1. The number of aryl methyl sites for hydroxylation is 3. The number of nitrogens with one attached hydrogen (secondary N) is 1. The zero-order valence-corrected chi connectivity index (χ0v) is 17.4. The number of benzene rings is 3. The van der Waals surface area contributed by atoms with Gasteiger partial charge in [0.05, 0.1) is 16.7 Å². The second kappa shape index (κ2) is 8.28. The lowest BCUT2D eigenvalue weighted by atomic mass is 10.1. The van der Waals surface area contributed by atoms with Gasteiger partial charge in [0, 0.05) is 13.0 Å². The summed E-state index contributed by atoms with van der Waals surface area (Å²) in [4.78, 5) is 4.37. The maximum Gasteiger partial charge on any atom is 0.264 e. The van der Waals surface area contributed by atoms with E-state index in [4.69, 9.17) is 4.98 Å². The van der Waals surface area contributed by atoms with Gasteiger partial charge in [-0.1, -0.05) is 42.5 Å². The lowest BCUT2D eigenvalue weighted by Crippen LogP contribution is -2.16. The van der Waals surface area contributed by atoms with Crippen molar-refractivity contribution in [1.29, 1.82) is 0 Å². The minimum Gasteiger partial charge on any atom is -0.328 e. The molecule has 0 aliphatic carbocycles. The Bertz CT molecular complexity index is 1300. The Kier molecular flexibility index (Phi) is 5.55. The topological polar surface area (TPSA) is 64.0 Å². The maximum atomic E-state index is 14.0. The summed E-state index contributed by atoms with van der Waals surface area (Å²) in [5, 5.41) is 0. The number of rotatable bonds is 7. The molecule has 0 saturated heterocycles. The van der Waals surface area contributed by atoms with Gasteiger partial charge >= 0.3 is 0 Å². The van der Waals surface area contributed by atoms with E-state index in [1.54, 1.807) is 12.1 Å². The first-order valence-corrected chi connectivity index (χ1v) is 11.3. The molecule has 1 N–H and O–H groups in total. The smallest absolute Gasteiger partial charge is 0.264 e. The minimum absolute atomic E-state index is 0.368. The fourth-order valence-electron chi connectivity index (χ4n) is 3.62. The lowest BCUT2D eigenvalue weighted by Gasteiger charge is -2.13. The highest BCUT2D eigenvalue weighted by atomic mass is 32.2. The SMILES string of the molecule is CCn1c(CCc2ccccc2NS(=O)(=O)c2ccccc2F)nc2ccccc21. The molecular formula is C23H22FN3O2S. The van der Waals surface area contributed by atoms with Gasteiger partial charge in [0.2, 0.25) is 0 Å². The fourth-order valence-corrected chi connectivity index (χ4v) is 4.80. The van der Waals surface area contributed by atoms with Crippen molar-refractivity contribution in [1.82, 2.24) is 9.55 Å². The largest absolute Gasteiger partial charge is 0.328 e. The second-order valence-corrected chi connectivity index (χ2v) is 8.60. The lowest BCUT2D eigenvalue weighted by molar-refractivity contribution is 0.570. The van der Waals surface area contributed by atoms with Crippen molar-refractivity contribution in [3.05, 3.63) is 90.0 Å². The van der Waals surface area contributed by atoms with Crippen LogP contribution in [0.3, 0.4) is 0 Å². The van der Waals surface area contributed by atoms with E-state index in [1.165, 1.54) is 18.2 Å². The van der Waals surface area contributed by atoms with Gasteiger partial charge in [0.25, 0.3) is 10.0 Å². The maximum absolute atomic E-state index is 14.0. The fraction of sp³-hybridized carbons (Fsp3) is 0.174. The van der Waals surface area contributed by atoms with Crippen LogP contribution in [-0.4, -0.2) is 18.0 Å². The highest BCUT2D eigenvalue weighted by Crippen LogP contribution is 2.24. The number of para-hydroxylation sites is 3. The minimum atomic E-state index is -4.03. The number of sulfonamides is 1. The van der Waals surface area contributed by atoms with Gasteiger partial charge in [-0.2, -0.15) is 0 Å². The van der Waals surface area contributed by atoms with Crippen LogP contribution in [0, 0.1) is 5.82 Å². The Balaban J connectivity index is 1.60. The zero-order valence-electron chi connectivity index (χ0n) is 16.5. The van der Waals surface area contributed by atoms with Gasteiger partial charge in [-0.05, 0) is 49.2 Å². The molecule has 5 nitrogen and oxygen atoms in total. The molecule has 0 bridgehead atoms. The van der Waals surface area contributed by atoms with E-state index in [0.29, 0.717) is 18.5 Å². The van der Waals surface area contributed by atoms with Crippen LogP contribution in [0.15, 0.2) is 77.7 Å². The molecule has 0 amide bonds. The average Bonchev–Trinajstić information content (AvgIpc) is 3.10. The summed E-state index contributed by atoms with van der Waals surface area (Å²) in [5.74, 6) is 0.171. The van der Waals surface area contributed by atoms with Crippen LogP contribution in [0.4, 0.5) is 10.1 Å². The van der Waals surface area contributed by atoms with E-state index >= 15 is 0 Å². The predicted molar refractivity (Wildman–Crippen MR) is 116 cm³/mol. The zero-order chi connectivity index (χ0) is 21.1. The first-order chi connectivity index (χ1) is 14.5. The molecular weight excluding hydrogens is 401 g/mol. The Morgan fingerprint density at radius 1 is 0.933 bits per heavy atom. The summed E-state index contributed by atoms with van der Waals surface area (Å²) in [6, 6.07) is 20.5. The molecule has 30 heavy (non-hydrogen) atoms. The molecule has 0 aliphatic heterocycles. The van der Waals surface area contributed by atoms with Crippen molar-refractivity contribution in [2.45, 2.75) is 31.2 Å². The number of hydrogen-bond donors (Lipinski definition) is 1. The van der Waals surface area contributed by atoms with E-state index in [9.17, 15) is 12.8 Å². The summed E-state index contributed by atoms with van der Waals surface area (Å²) in [7, 11) is -4.03. The summed E-state index contributed by atoms with van der Waals surface area (Å²) < 4.78 is 44.1. The monoisotopic (exact) mass is 423 g/mol. The second-order valence-electron chi connectivity index (χ2n) is 6.95. The molecule has 154 valence electrons. The van der Waals surface area contributed by atoms with Gasteiger partial charge in [0.15, 0.2) is 0 Å². The molecule has 0 atom stereocenters. The Hall–Kier alpha value is -3.19. The van der Waals surface area contributed by atoms with Crippen LogP contribution in [0.1, 0.15) is 18.3 Å². The van der Waals surface area contributed by atoms with Crippen LogP contribution >= 0.6 is 0 Å². The van der Waals surface area contributed by atoms with Gasteiger partial charge in [-0.25, -0.2) is 17.8 Å². The van der Waals surface area contributed by atoms with Crippen LogP contribution in [0.2, 0.25) is 0 Å². The first kappa shape index (κ1) is 20.1. The molecule has 0 spiro atoms. The number of hydrogen-bond acceptors (Lipinski definition) is 3. The van der Waals surface area contributed by atoms with Gasteiger partial charge < -0.3 is 4.57 Å². The Labute approximate surface area is 175 Å². The normalized spacial score (nSPS) is 11.7. The summed E-state index contributed by atoms with van der Waals surface area (Å²) >= 11 is 0. The van der Waals surface area contributed by atoms with Gasteiger partial charge in [0.1, 0.15) is 16.5 Å². The molecule has 0 radical (unpaired) electrons. The number of nitrogens with zero attached hydrogens (tertiary/aromatic N) is 2. The highest BCUT2D eigenvalue weighted by Gasteiger charge is 2.20. The van der Waals surface area contributed by atoms with Crippen molar-refractivity contribution in [2.75, 3.05) is 4.72 Å². The van der Waals surface area contributed by atoms with Gasteiger partial charge in [-0.3, -0.25) is 4.72 Å². The molecule has 1 aromatic heterocycles. The Morgan fingerprint density at radius 2 is 1.63 bits per heavy atom. The molecule has 0 unspecified atom stereocenters. The molecule has 0 saturated carbocycles. The molecule has 4 rings (SSSR count). The number of halogens is 1. The average molecular weight is 424 g/mol. The van der Waals surface area contributed by atoms with Crippen molar-refractivity contribution in [2.24, 2.45) is 0 Å². The van der Waals surface area contributed by atoms with Crippen LogP contribution < -0.4 is 4.72 Å². The van der Waals surface area contributed by atoms with Crippen LogP contribution in [-0.2, 0) is 29.4 Å². The molecule has 4 aromatic rings. The number of fused-ring (bicyclic) bond motifs is 1. The van der Waals surface area contributed by atoms with E-state index in [2.05, 4.69) is 16.2 Å². The van der Waals surface area contributed by atoms with E-state index in [0.717, 1.165) is 35.0 Å². The molecule has 3 aromatic carbocycles. The van der Waals surface area contributed by atoms with E-state index in [1.807, 2.05) is 36.4 Å². The third-order valence-corrected chi connectivity index (χ3v) is 6.45. The summed E-state index contributed by atoms with van der Waals surface area (Å²) in [5.41, 5.74) is 3.30. The summed E-state index contributed by atoms with van der Waals surface area (Å²) in [6.07, 6.45) is 1.25. The van der Waals surface area contributed by atoms with Crippen molar-refractivity contribution in [3.63, 3.8) is 0 Å². The Morgan fingerprint density at radius 3 is 2.43 bits per heavy atom. The highest BCUT2D eigenvalue weighted by molar-refractivity contribution is 7.92. The van der Waals surface area contributed by atoms with Gasteiger partial charge in [-0.15, -0.1) is 0 Å². The van der Waals surface area contributed by atoms with Crippen LogP contribution in [0.5, 0.6) is 0 Å². The van der Waals surface area contributed by atoms with E-state index < -0.39 is 15.8 Å².